The Bertz CT molecular complexity index is 300. The Kier molecular flexibility index (Phi) is 3.83. The molecule has 0 aromatic heterocycles. The highest BCUT2D eigenvalue weighted by molar-refractivity contribution is 5.83. The first kappa shape index (κ1) is 12.2. The van der Waals surface area contributed by atoms with E-state index in [9.17, 15) is 9.59 Å². The van der Waals surface area contributed by atoms with Crippen LogP contribution in [0.5, 0.6) is 0 Å². The van der Waals surface area contributed by atoms with Gasteiger partial charge in [-0.2, -0.15) is 0 Å². The van der Waals surface area contributed by atoms with Crippen molar-refractivity contribution in [3.8, 4) is 0 Å². The largest absolute Gasteiger partial charge is 0.480 e. The van der Waals surface area contributed by atoms with Crippen LogP contribution in [0.3, 0.4) is 0 Å². The maximum atomic E-state index is 12.2. The number of amides is 2. The molecule has 2 saturated heterocycles. The maximum Gasteiger partial charge on any atom is 0.326 e. The van der Waals surface area contributed by atoms with Crippen molar-refractivity contribution in [2.24, 2.45) is 0 Å². The highest BCUT2D eigenvalue weighted by atomic mass is 16.5. The molecule has 0 aromatic carbocycles. The van der Waals surface area contributed by atoms with Gasteiger partial charge in [-0.05, 0) is 19.3 Å². The van der Waals surface area contributed by atoms with E-state index in [4.69, 9.17) is 9.84 Å². The van der Waals surface area contributed by atoms with Crippen LogP contribution in [0.1, 0.15) is 19.3 Å². The molecule has 0 bridgehead atoms. The van der Waals surface area contributed by atoms with Crippen molar-refractivity contribution < 1.29 is 19.4 Å². The summed E-state index contributed by atoms with van der Waals surface area (Å²) in [4.78, 5) is 26.4. The third-order valence-electron chi connectivity index (χ3n) is 3.28. The Balaban J connectivity index is 2.00. The first-order valence-electron chi connectivity index (χ1n) is 6.06. The highest BCUT2D eigenvalue weighted by Crippen LogP contribution is 2.19. The van der Waals surface area contributed by atoms with Crippen molar-refractivity contribution in [1.82, 2.24) is 9.80 Å². The van der Waals surface area contributed by atoms with Crippen LogP contribution in [0.2, 0.25) is 0 Å². The van der Waals surface area contributed by atoms with Gasteiger partial charge in [0.05, 0.1) is 6.61 Å². The summed E-state index contributed by atoms with van der Waals surface area (Å²) >= 11 is 0. The zero-order valence-electron chi connectivity index (χ0n) is 9.80. The van der Waals surface area contributed by atoms with Gasteiger partial charge in [0.15, 0.2) is 0 Å². The average Bonchev–Trinajstić information content (AvgIpc) is 2.64. The Morgan fingerprint density at radius 1 is 1.12 bits per heavy atom. The first-order chi connectivity index (χ1) is 8.20. The monoisotopic (exact) mass is 242 g/mol. The van der Waals surface area contributed by atoms with Gasteiger partial charge in [-0.3, -0.25) is 0 Å². The van der Waals surface area contributed by atoms with Crippen LogP contribution in [0, 0.1) is 0 Å². The summed E-state index contributed by atoms with van der Waals surface area (Å²) in [5.41, 5.74) is 0. The third-order valence-corrected chi connectivity index (χ3v) is 3.28. The number of carboxylic acids is 1. The number of ether oxygens (including phenoxy) is 1. The van der Waals surface area contributed by atoms with Gasteiger partial charge in [-0.25, -0.2) is 9.59 Å². The molecule has 0 unspecified atom stereocenters. The van der Waals surface area contributed by atoms with Crippen molar-refractivity contribution in [2.75, 3.05) is 32.8 Å². The summed E-state index contributed by atoms with van der Waals surface area (Å²) < 4.78 is 5.28. The lowest BCUT2D eigenvalue weighted by Gasteiger charge is -2.29. The normalized spacial score (nSPS) is 25.8. The minimum atomic E-state index is -0.901. The van der Waals surface area contributed by atoms with Crippen LogP contribution in [-0.2, 0) is 9.53 Å². The predicted molar refractivity (Wildman–Crippen MR) is 59.8 cm³/mol. The van der Waals surface area contributed by atoms with Gasteiger partial charge in [0.2, 0.25) is 0 Å². The summed E-state index contributed by atoms with van der Waals surface area (Å²) in [6.07, 6.45) is 2.15. The molecule has 2 heterocycles. The van der Waals surface area contributed by atoms with E-state index in [0.29, 0.717) is 39.3 Å². The number of rotatable bonds is 1. The molecule has 2 rings (SSSR count). The van der Waals surface area contributed by atoms with Gasteiger partial charge in [0.1, 0.15) is 6.04 Å². The lowest BCUT2D eigenvalue weighted by Crippen LogP contribution is -2.48. The van der Waals surface area contributed by atoms with Crippen LogP contribution in [0.15, 0.2) is 0 Å². The van der Waals surface area contributed by atoms with Crippen LogP contribution in [-0.4, -0.2) is 65.8 Å². The number of aliphatic carboxylic acids is 1. The molecule has 0 radical (unpaired) electrons. The lowest BCUT2D eigenvalue weighted by molar-refractivity contribution is -0.141. The number of carbonyl (C=O) groups excluding carboxylic acids is 1. The van der Waals surface area contributed by atoms with Gasteiger partial charge in [-0.15, -0.1) is 0 Å². The summed E-state index contributed by atoms with van der Waals surface area (Å²) in [6, 6.07) is -0.799. The van der Waals surface area contributed by atoms with Gasteiger partial charge < -0.3 is 19.6 Å². The van der Waals surface area contributed by atoms with E-state index >= 15 is 0 Å². The average molecular weight is 242 g/mol. The third kappa shape index (κ3) is 2.69. The molecule has 0 aliphatic carbocycles. The lowest BCUT2D eigenvalue weighted by atomic mass is 10.2. The second-order valence-electron chi connectivity index (χ2n) is 4.43. The molecular weight excluding hydrogens is 224 g/mol. The topological polar surface area (TPSA) is 70.1 Å². The van der Waals surface area contributed by atoms with E-state index in [2.05, 4.69) is 0 Å². The summed E-state index contributed by atoms with van der Waals surface area (Å²) in [5.74, 6) is -0.901. The van der Waals surface area contributed by atoms with Gasteiger partial charge >= 0.3 is 12.0 Å². The number of carboxylic acid groups (broad SMARTS) is 1. The molecule has 96 valence electrons. The molecule has 6 heteroatoms. The molecule has 17 heavy (non-hydrogen) atoms. The molecule has 2 amide bonds. The van der Waals surface area contributed by atoms with Gasteiger partial charge in [0.25, 0.3) is 0 Å². The number of likely N-dealkylation sites (tertiary alicyclic amines) is 1. The van der Waals surface area contributed by atoms with E-state index in [1.165, 1.54) is 4.90 Å². The van der Waals surface area contributed by atoms with Gasteiger partial charge in [-0.1, -0.05) is 0 Å². The van der Waals surface area contributed by atoms with Crippen LogP contribution in [0.25, 0.3) is 0 Å². The first-order valence-corrected chi connectivity index (χ1v) is 6.06. The highest BCUT2D eigenvalue weighted by Gasteiger charge is 2.36. The van der Waals surface area contributed by atoms with Crippen LogP contribution < -0.4 is 0 Å². The second kappa shape index (κ2) is 5.35. The van der Waals surface area contributed by atoms with Crippen molar-refractivity contribution in [2.45, 2.75) is 25.3 Å². The number of urea groups is 1. The second-order valence-corrected chi connectivity index (χ2v) is 4.43. The van der Waals surface area contributed by atoms with E-state index < -0.39 is 12.0 Å². The summed E-state index contributed by atoms with van der Waals surface area (Å²) in [5, 5.41) is 9.05. The Hall–Kier alpha value is -1.30. The molecule has 0 spiro atoms. The van der Waals surface area contributed by atoms with Crippen molar-refractivity contribution >= 4 is 12.0 Å². The fourth-order valence-electron chi connectivity index (χ4n) is 2.37. The molecular formula is C11H18N2O4. The van der Waals surface area contributed by atoms with Crippen molar-refractivity contribution in [1.29, 1.82) is 0 Å². The smallest absolute Gasteiger partial charge is 0.326 e. The van der Waals surface area contributed by atoms with Crippen LogP contribution in [0.4, 0.5) is 4.79 Å². The Morgan fingerprint density at radius 2 is 1.94 bits per heavy atom. The maximum absolute atomic E-state index is 12.2. The van der Waals surface area contributed by atoms with Crippen molar-refractivity contribution in [3.63, 3.8) is 0 Å². The SMILES string of the molecule is O=C(O)[C@@H]1CCCN1C(=O)N1CCCOCC1. The zero-order chi connectivity index (χ0) is 12.3. The molecule has 0 aromatic rings. The number of nitrogens with zero attached hydrogens (tertiary/aromatic N) is 2. The fraction of sp³-hybridized carbons (Fsp3) is 0.818. The minimum Gasteiger partial charge on any atom is -0.480 e. The number of hydrogen-bond donors (Lipinski definition) is 1. The minimum absolute atomic E-state index is 0.152. The van der Waals surface area contributed by atoms with E-state index in [-0.39, 0.29) is 6.03 Å². The van der Waals surface area contributed by atoms with E-state index in [1.54, 1.807) is 4.90 Å². The van der Waals surface area contributed by atoms with Crippen LogP contribution >= 0.6 is 0 Å². The molecule has 0 saturated carbocycles. The quantitative estimate of drug-likeness (QED) is 0.721. The Morgan fingerprint density at radius 3 is 2.71 bits per heavy atom. The number of carbonyl (C=O) groups is 2. The standard InChI is InChI=1S/C11H18N2O4/c14-10(15)9-3-1-5-13(9)11(16)12-4-2-7-17-8-6-12/h9H,1-8H2,(H,14,15)/t9-/m0/s1. The van der Waals surface area contributed by atoms with E-state index in [1.807, 2.05) is 0 Å². The Labute approximate surface area is 100 Å². The fourth-order valence-corrected chi connectivity index (χ4v) is 2.37. The molecule has 2 aliphatic rings. The summed E-state index contributed by atoms with van der Waals surface area (Å²) in [7, 11) is 0. The predicted octanol–water partition coefficient (Wildman–Crippen LogP) is 0.378. The van der Waals surface area contributed by atoms with Crippen molar-refractivity contribution in [3.05, 3.63) is 0 Å². The van der Waals surface area contributed by atoms with Gasteiger partial charge in [0, 0.05) is 26.2 Å². The molecule has 1 N–H and O–H groups in total. The molecule has 2 aliphatic heterocycles. The summed E-state index contributed by atoms with van der Waals surface area (Å²) in [6.45, 7) is 2.97. The number of hydrogen-bond acceptors (Lipinski definition) is 3. The zero-order valence-corrected chi connectivity index (χ0v) is 9.80. The molecule has 1 atom stereocenters. The molecule has 6 nitrogen and oxygen atoms in total. The van der Waals surface area contributed by atoms with E-state index in [0.717, 1.165) is 12.8 Å². The molecule has 2 fully saturated rings.